The quantitative estimate of drug-likeness (QED) is 0.736. The number of aromatic amines is 2. The van der Waals surface area contributed by atoms with Crippen molar-refractivity contribution >= 4 is 11.2 Å². The van der Waals surface area contributed by atoms with E-state index in [9.17, 15) is 9.59 Å². The first-order valence-electron chi connectivity index (χ1n) is 8.37. The molecule has 1 fully saturated rings. The highest BCUT2D eigenvalue weighted by Crippen LogP contribution is 2.32. The summed E-state index contributed by atoms with van der Waals surface area (Å²) in [6, 6.07) is 3.48. The largest absolute Gasteiger partial charge is 0.477 e. The van der Waals surface area contributed by atoms with Crippen molar-refractivity contribution in [2.24, 2.45) is 5.92 Å². The van der Waals surface area contributed by atoms with E-state index in [0.29, 0.717) is 35.4 Å². The van der Waals surface area contributed by atoms with E-state index >= 15 is 0 Å². The monoisotopic (exact) mass is 341 g/mol. The third-order valence-electron chi connectivity index (χ3n) is 4.27. The summed E-state index contributed by atoms with van der Waals surface area (Å²) < 4.78 is 7.27. The van der Waals surface area contributed by atoms with Gasteiger partial charge in [0.1, 0.15) is 11.3 Å². The van der Waals surface area contributed by atoms with E-state index < -0.39 is 11.2 Å². The van der Waals surface area contributed by atoms with Crippen LogP contribution in [-0.2, 0) is 0 Å². The van der Waals surface area contributed by atoms with Gasteiger partial charge in [-0.1, -0.05) is 0 Å². The van der Waals surface area contributed by atoms with Crippen molar-refractivity contribution in [3.05, 3.63) is 39.2 Å². The van der Waals surface area contributed by atoms with Gasteiger partial charge in [-0.05, 0) is 44.7 Å². The molecule has 2 N–H and O–H groups in total. The van der Waals surface area contributed by atoms with Crippen molar-refractivity contribution in [3.8, 4) is 17.3 Å². The Kier molecular flexibility index (Phi) is 3.67. The van der Waals surface area contributed by atoms with Gasteiger partial charge in [0, 0.05) is 12.2 Å². The molecular formula is C17H19N5O3. The average Bonchev–Trinajstić information content (AvgIpc) is 3.30. The van der Waals surface area contributed by atoms with Gasteiger partial charge in [-0.2, -0.15) is 0 Å². The van der Waals surface area contributed by atoms with Crippen molar-refractivity contribution < 1.29 is 4.74 Å². The number of hydrogen-bond acceptors (Lipinski definition) is 5. The number of H-pyrrole nitrogens is 2. The molecule has 1 saturated carbocycles. The van der Waals surface area contributed by atoms with Gasteiger partial charge in [-0.25, -0.2) is 14.8 Å². The maximum atomic E-state index is 12.1. The number of imidazole rings is 1. The molecule has 8 heteroatoms. The van der Waals surface area contributed by atoms with Crippen LogP contribution in [0.5, 0.6) is 5.88 Å². The van der Waals surface area contributed by atoms with Crippen molar-refractivity contribution in [2.45, 2.75) is 32.7 Å². The number of aromatic nitrogens is 5. The Balaban J connectivity index is 1.85. The highest BCUT2D eigenvalue weighted by Gasteiger charge is 2.23. The second-order valence-corrected chi connectivity index (χ2v) is 6.62. The van der Waals surface area contributed by atoms with Crippen LogP contribution < -0.4 is 16.0 Å². The Morgan fingerprint density at radius 2 is 2.12 bits per heavy atom. The molecule has 0 atom stereocenters. The van der Waals surface area contributed by atoms with Crippen LogP contribution in [0.4, 0.5) is 0 Å². The van der Waals surface area contributed by atoms with Crippen LogP contribution in [0.3, 0.4) is 0 Å². The van der Waals surface area contributed by atoms with Gasteiger partial charge in [0.2, 0.25) is 5.88 Å². The average molecular weight is 341 g/mol. The number of ether oxygens (including phenoxy) is 1. The lowest BCUT2D eigenvalue weighted by atomic mass is 10.2. The van der Waals surface area contributed by atoms with Crippen LogP contribution in [0.2, 0.25) is 0 Å². The summed E-state index contributed by atoms with van der Waals surface area (Å²) in [6.45, 7) is 4.35. The van der Waals surface area contributed by atoms with Crippen LogP contribution >= 0.6 is 0 Å². The second kappa shape index (κ2) is 5.87. The second-order valence-electron chi connectivity index (χ2n) is 6.62. The van der Waals surface area contributed by atoms with E-state index in [1.807, 2.05) is 19.9 Å². The van der Waals surface area contributed by atoms with Crippen molar-refractivity contribution in [3.63, 3.8) is 0 Å². The van der Waals surface area contributed by atoms with Crippen molar-refractivity contribution in [2.75, 3.05) is 6.61 Å². The minimum absolute atomic E-state index is 0.137. The van der Waals surface area contributed by atoms with Gasteiger partial charge in [0.25, 0.3) is 5.56 Å². The molecule has 0 aromatic carbocycles. The molecule has 25 heavy (non-hydrogen) atoms. The first kappa shape index (κ1) is 15.6. The van der Waals surface area contributed by atoms with Gasteiger partial charge in [0.15, 0.2) is 5.65 Å². The molecule has 0 aliphatic heterocycles. The minimum atomic E-state index is -0.486. The summed E-state index contributed by atoms with van der Waals surface area (Å²) in [5, 5.41) is 0. The van der Waals surface area contributed by atoms with E-state index in [1.54, 1.807) is 12.3 Å². The molecule has 4 rings (SSSR count). The maximum absolute atomic E-state index is 12.1. The Hall–Kier alpha value is -2.90. The molecule has 3 aromatic heterocycles. The molecule has 0 spiro atoms. The number of fused-ring (bicyclic) bond motifs is 1. The fraction of sp³-hybridized carbons (Fsp3) is 0.412. The number of hydrogen-bond donors (Lipinski definition) is 2. The molecule has 0 saturated heterocycles. The standard InChI is InChI=1S/C17H19N5O3/c1-9(2)22-14-12(15(23)21-17(22)24)19-13(20-14)11-4-3-7-18-16(11)25-8-10-5-6-10/h3-4,7,9-10H,5-6,8H2,1-2H3,(H,19,20)(H,21,23,24). The van der Waals surface area contributed by atoms with Gasteiger partial charge in [-0.3, -0.25) is 14.3 Å². The Bertz CT molecular complexity index is 1040. The number of nitrogens with one attached hydrogen (secondary N) is 2. The lowest BCUT2D eigenvalue weighted by Gasteiger charge is -2.09. The topological polar surface area (TPSA) is 106 Å². The fourth-order valence-electron chi connectivity index (χ4n) is 2.79. The Morgan fingerprint density at radius 3 is 2.84 bits per heavy atom. The molecule has 1 aliphatic rings. The predicted octanol–water partition coefficient (Wildman–Crippen LogP) is 1.84. The van der Waals surface area contributed by atoms with Gasteiger partial charge in [0.05, 0.1) is 12.2 Å². The molecule has 1 aliphatic carbocycles. The fourth-order valence-corrected chi connectivity index (χ4v) is 2.79. The SMILES string of the molecule is CC(C)n1c(=O)[nH]c(=O)c2[nH]c(-c3cccnc3OCC3CC3)nc21. The lowest BCUT2D eigenvalue weighted by Crippen LogP contribution is -2.31. The third-order valence-corrected chi connectivity index (χ3v) is 4.27. The molecule has 8 nitrogen and oxygen atoms in total. The van der Waals surface area contributed by atoms with Crippen molar-refractivity contribution in [1.82, 2.24) is 24.5 Å². The summed E-state index contributed by atoms with van der Waals surface area (Å²) in [5.74, 6) is 1.53. The molecule has 0 radical (unpaired) electrons. The van der Waals surface area contributed by atoms with E-state index in [1.165, 1.54) is 17.4 Å². The van der Waals surface area contributed by atoms with Crippen LogP contribution in [0.1, 0.15) is 32.7 Å². The lowest BCUT2D eigenvalue weighted by molar-refractivity contribution is 0.289. The molecule has 3 aromatic rings. The van der Waals surface area contributed by atoms with Gasteiger partial charge in [-0.15, -0.1) is 0 Å². The molecule has 0 amide bonds. The Labute approximate surface area is 142 Å². The van der Waals surface area contributed by atoms with Gasteiger partial charge < -0.3 is 9.72 Å². The minimum Gasteiger partial charge on any atom is -0.477 e. The summed E-state index contributed by atoms with van der Waals surface area (Å²) in [4.78, 5) is 38.4. The molecule has 130 valence electrons. The zero-order valence-electron chi connectivity index (χ0n) is 14.1. The summed E-state index contributed by atoms with van der Waals surface area (Å²) in [7, 11) is 0. The molecule has 3 heterocycles. The maximum Gasteiger partial charge on any atom is 0.330 e. The summed E-state index contributed by atoms with van der Waals surface area (Å²) in [6.07, 6.45) is 4.02. The van der Waals surface area contributed by atoms with Crippen LogP contribution in [0.25, 0.3) is 22.6 Å². The normalized spacial score (nSPS) is 14.4. The first-order chi connectivity index (χ1) is 12.0. The van der Waals surface area contributed by atoms with E-state index in [4.69, 9.17) is 4.74 Å². The molecular weight excluding hydrogens is 322 g/mol. The Morgan fingerprint density at radius 1 is 1.32 bits per heavy atom. The third kappa shape index (κ3) is 2.84. The zero-order valence-corrected chi connectivity index (χ0v) is 14.1. The van der Waals surface area contributed by atoms with Crippen LogP contribution in [0.15, 0.2) is 27.9 Å². The summed E-state index contributed by atoms with van der Waals surface area (Å²) in [5.41, 5.74) is 0.305. The van der Waals surface area contributed by atoms with E-state index in [0.717, 1.165) is 0 Å². The van der Waals surface area contributed by atoms with Crippen LogP contribution in [-0.4, -0.2) is 31.1 Å². The highest BCUT2D eigenvalue weighted by molar-refractivity contribution is 5.76. The first-order valence-corrected chi connectivity index (χ1v) is 8.37. The smallest absolute Gasteiger partial charge is 0.330 e. The predicted molar refractivity (Wildman–Crippen MR) is 92.8 cm³/mol. The number of pyridine rings is 1. The van der Waals surface area contributed by atoms with E-state index in [-0.39, 0.29) is 11.6 Å². The molecule has 0 bridgehead atoms. The zero-order chi connectivity index (χ0) is 17.6. The number of nitrogens with zero attached hydrogens (tertiary/aromatic N) is 3. The highest BCUT2D eigenvalue weighted by atomic mass is 16.5. The van der Waals surface area contributed by atoms with E-state index in [2.05, 4.69) is 19.9 Å². The van der Waals surface area contributed by atoms with Crippen molar-refractivity contribution in [1.29, 1.82) is 0 Å². The summed E-state index contributed by atoms with van der Waals surface area (Å²) >= 11 is 0. The van der Waals surface area contributed by atoms with Gasteiger partial charge >= 0.3 is 5.69 Å². The molecule has 0 unspecified atom stereocenters. The van der Waals surface area contributed by atoms with Crippen LogP contribution in [0, 0.1) is 5.92 Å². The number of rotatable bonds is 5.